The fraction of sp³-hybridized carbons (Fsp3) is 0.136. The molecular formula is C22H19FO3. The van der Waals surface area contributed by atoms with Crippen molar-refractivity contribution in [2.45, 2.75) is 20.5 Å². The second-order valence-electron chi connectivity index (χ2n) is 5.98. The highest BCUT2D eigenvalue weighted by Gasteiger charge is 2.23. The number of carbonyl (C=O) groups is 1. The number of rotatable bonds is 5. The molecule has 0 fully saturated rings. The molecule has 0 spiro atoms. The first-order valence-corrected chi connectivity index (χ1v) is 8.30. The van der Waals surface area contributed by atoms with Crippen molar-refractivity contribution in [3.63, 3.8) is 0 Å². The van der Waals surface area contributed by atoms with Gasteiger partial charge in [0.25, 0.3) is 0 Å². The summed E-state index contributed by atoms with van der Waals surface area (Å²) >= 11 is 0. The fourth-order valence-electron chi connectivity index (χ4n) is 2.66. The lowest BCUT2D eigenvalue weighted by atomic mass is 10.0. The molecule has 4 heteroatoms. The monoisotopic (exact) mass is 350 g/mol. The second-order valence-corrected chi connectivity index (χ2v) is 5.98. The van der Waals surface area contributed by atoms with Crippen LogP contribution in [0.1, 0.15) is 27.0 Å². The van der Waals surface area contributed by atoms with Gasteiger partial charge in [0.2, 0.25) is 0 Å². The van der Waals surface area contributed by atoms with E-state index in [1.165, 1.54) is 6.07 Å². The maximum Gasteiger partial charge on any atom is 0.347 e. The van der Waals surface area contributed by atoms with E-state index in [1.807, 2.05) is 36.4 Å². The first kappa shape index (κ1) is 17.7. The molecule has 3 aromatic carbocycles. The van der Waals surface area contributed by atoms with Gasteiger partial charge in [-0.3, -0.25) is 0 Å². The van der Waals surface area contributed by atoms with Crippen molar-refractivity contribution in [1.82, 2.24) is 0 Å². The molecule has 26 heavy (non-hydrogen) atoms. The van der Waals surface area contributed by atoms with E-state index in [1.54, 1.807) is 38.1 Å². The number of benzene rings is 3. The van der Waals surface area contributed by atoms with E-state index in [0.717, 1.165) is 5.56 Å². The maximum atomic E-state index is 14.2. The van der Waals surface area contributed by atoms with Crippen LogP contribution < -0.4 is 9.47 Å². The fourth-order valence-corrected chi connectivity index (χ4v) is 2.66. The Balaban J connectivity index is 1.93. The number of esters is 1. The largest absolute Gasteiger partial charge is 0.488 e. The molecule has 0 saturated carbocycles. The van der Waals surface area contributed by atoms with Gasteiger partial charge in [0.15, 0.2) is 0 Å². The molecule has 0 N–H and O–H groups in total. The minimum absolute atomic E-state index is 0.113. The third-order valence-electron chi connectivity index (χ3n) is 4.05. The van der Waals surface area contributed by atoms with Crippen LogP contribution in [0, 0.1) is 19.7 Å². The zero-order chi connectivity index (χ0) is 18.5. The second kappa shape index (κ2) is 7.83. The van der Waals surface area contributed by atoms with Crippen molar-refractivity contribution in [3.05, 3.63) is 94.8 Å². The number of ether oxygens (including phenoxy) is 2. The molecule has 0 aliphatic carbocycles. The van der Waals surface area contributed by atoms with Crippen molar-refractivity contribution in [3.8, 4) is 11.5 Å². The minimum Gasteiger partial charge on any atom is -0.488 e. The van der Waals surface area contributed by atoms with Crippen molar-refractivity contribution >= 4 is 5.97 Å². The van der Waals surface area contributed by atoms with E-state index < -0.39 is 11.8 Å². The molecular weight excluding hydrogens is 331 g/mol. The van der Waals surface area contributed by atoms with Crippen LogP contribution in [0.15, 0.2) is 66.7 Å². The first-order chi connectivity index (χ1) is 12.6. The summed E-state index contributed by atoms with van der Waals surface area (Å²) in [4.78, 5) is 12.7. The molecule has 3 aromatic rings. The van der Waals surface area contributed by atoms with Gasteiger partial charge in [-0.2, -0.15) is 0 Å². The molecule has 0 bridgehead atoms. The Labute approximate surface area is 152 Å². The normalized spacial score (nSPS) is 10.4. The molecule has 3 nitrogen and oxygen atoms in total. The third-order valence-corrected chi connectivity index (χ3v) is 4.05. The number of hydrogen-bond donors (Lipinski definition) is 0. The summed E-state index contributed by atoms with van der Waals surface area (Å²) in [5, 5.41) is 0. The molecule has 132 valence electrons. The number of hydrogen-bond acceptors (Lipinski definition) is 3. The molecule has 0 heterocycles. The Hall–Kier alpha value is -3.14. The number of aryl methyl sites for hydroxylation is 1. The Bertz CT molecular complexity index is 906. The van der Waals surface area contributed by atoms with Crippen molar-refractivity contribution in [2.24, 2.45) is 0 Å². The van der Waals surface area contributed by atoms with Gasteiger partial charge in [-0.1, -0.05) is 48.5 Å². The number of halogens is 1. The summed E-state index contributed by atoms with van der Waals surface area (Å²) in [5.74, 6) is -0.365. The van der Waals surface area contributed by atoms with E-state index in [9.17, 15) is 9.18 Å². The highest BCUT2D eigenvalue weighted by atomic mass is 19.1. The molecule has 0 saturated heterocycles. The molecule has 3 rings (SSSR count). The smallest absolute Gasteiger partial charge is 0.347 e. The Morgan fingerprint density at radius 3 is 2.23 bits per heavy atom. The van der Waals surface area contributed by atoms with Crippen LogP contribution in [0.3, 0.4) is 0 Å². The van der Waals surface area contributed by atoms with Crippen LogP contribution >= 0.6 is 0 Å². The highest BCUT2D eigenvalue weighted by Crippen LogP contribution is 2.31. The van der Waals surface area contributed by atoms with Crippen LogP contribution in [0.2, 0.25) is 0 Å². The van der Waals surface area contributed by atoms with E-state index in [-0.39, 0.29) is 17.7 Å². The summed E-state index contributed by atoms with van der Waals surface area (Å²) in [7, 11) is 0. The van der Waals surface area contributed by atoms with E-state index in [0.29, 0.717) is 17.1 Å². The SMILES string of the molecule is Cc1cc(F)c(C)c(C(=O)Oc2ccccc2)c1OCc1ccccc1. The van der Waals surface area contributed by atoms with Gasteiger partial charge in [-0.25, -0.2) is 9.18 Å². The Kier molecular flexibility index (Phi) is 5.32. The summed E-state index contributed by atoms with van der Waals surface area (Å²) in [6.45, 7) is 3.53. The van der Waals surface area contributed by atoms with Crippen molar-refractivity contribution in [2.75, 3.05) is 0 Å². The molecule has 0 atom stereocenters. The van der Waals surface area contributed by atoms with Crippen LogP contribution in [-0.2, 0) is 6.61 Å². The van der Waals surface area contributed by atoms with Crippen molar-refractivity contribution in [1.29, 1.82) is 0 Å². The van der Waals surface area contributed by atoms with Gasteiger partial charge < -0.3 is 9.47 Å². The van der Waals surface area contributed by atoms with Gasteiger partial charge in [0, 0.05) is 5.56 Å². The van der Waals surface area contributed by atoms with Crippen LogP contribution in [0.5, 0.6) is 11.5 Å². The van der Waals surface area contributed by atoms with Gasteiger partial charge in [0.1, 0.15) is 29.5 Å². The quantitative estimate of drug-likeness (QED) is 0.466. The lowest BCUT2D eigenvalue weighted by Gasteiger charge is -2.16. The molecule has 0 amide bonds. The molecule has 0 aliphatic heterocycles. The van der Waals surface area contributed by atoms with Gasteiger partial charge in [-0.15, -0.1) is 0 Å². The van der Waals surface area contributed by atoms with Crippen molar-refractivity contribution < 1.29 is 18.7 Å². The summed E-state index contributed by atoms with van der Waals surface area (Å²) in [5.41, 5.74) is 1.82. The van der Waals surface area contributed by atoms with E-state index in [4.69, 9.17) is 9.47 Å². The average Bonchev–Trinajstić information content (AvgIpc) is 2.65. The van der Waals surface area contributed by atoms with Crippen LogP contribution in [-0.4, -0.2) is 5.97 Å². The lowest BCUT2D eigenvalue weighted by molar-refractivity contribution is 0.0728. The zero-order valence-electron chi connectivity index (χ0n) is 14.7. The summed E-state index contributed by atoms with van der Waals surface area (Å²) in [6, 6.07) is 19.6. The predicted molar refractivity (Wildman–Crippen MR) is 98.0 cm³/mol. The Morgan fingerprint density at radius 2 is 1.58 bits per heavy atom. The van der Waals surface area contributed by atoms with Gasteiger partial charge in [-0.05, 0) is 43.2 Å². The standard InChI is InChI=1S/C22H19FO3/c1-15-13-19(23)16(2)20(22(24)26-18-11-7-4-8-12-18)21(15)25-14-17-9-5-3-6-10-17/h3-13H,14H2,1-2H3. The molecule has 0 aromatic heterocycles. The minimum atomic E-state index is -0.639. The lowest BCUT2D eigenvalue weighted by Crippen LogP contribution is -2.15. The van der Waals surface area contributed by atoms with E-state index in [2.05, 4.69) is 0 Å². The Morgan fingerprint density at radius 1 is 0.962 bits per heavy atom. The highest BCUT2D eigenvalue weighted by molar-refractivity contribution is 5.96. The molecule has 0 radical (unpaired) electrons. The number of para-hydroxylation sites is 1. The van der Waals surface area contributed by atoms with Crippen LogP contribution in [0.4, 0.5) is 4.39 Å². The molecule has 0 unspecified atom stereocenters. The molecule has 0 aliphatic rings. The summed E-state index contributed by atoms with van der Waals surface area (Å²) in [6.07, 6.45) is 0. The van der Waals surface area contributed by atoms with Gasteiger partial charge >= 0.3 is 5.97 Å². The van der Waals surface area contributed by atoms with Crippen LogP contribution in [0.25, 0.3) is 0 Å². The van der Waals surface area contributed by atoms with Gasteiger partial charge in [0.05, 0.1) is 0 Å². The topological polar surface area (TPSA) is 35.5 Å². The summed E-state index contributed by atoms with van der Waals surface area (Å²) < 4.78 is 25.5. The number of carbonyl (C=O) groups excluding carboxylic acids is 1. The predicted octanol–water partition coefficient (Wildman–Crippen LogP) is 5.24. The first-order valence-electron chi connectivity index (χ1n) is 8.30. The third kappa shape index (κ3) is 3.91. The zero-order valence-corrected chi connectivity index (χ0v) is 14.7. The maximum absolute atomic E-state index is 14.2. The van der Waals surface area contributed by atoms with E-state index >= 15 is 0 Å². The average molecular weight is 350 g/mol.